The predicted octanol–water partition coefficient (Wildman–Crippen LogP) is 4.28. The molecule has 0 saturated carbocycles. The quantitative estimate of drug-likeness (QED) is 0.872. The number of thioether (sulfide) groups is 1. The van der Waals surface area contributed by atoms with Crippen LogP contribution in [-0.4, -0.2) is 11.0 Å². The Bertz CT molecular complexity index is 364. The maximum atomic E-state index is 6.28. The Morgan fingerprint density at radius 2 is 2.12 bits per heavy atom. The standard InChI is InChI=1S/C12H15Cl2NS/c13-8-4-5-10(14)9(7-8)12(15)11-3-1-2-6-16-11/h4-5,7,11-12H,1-3,6,15H2. The van der Waals surface area contributed by atoms with Gasteiger partial charge in [-0.2, -0.15) is 11.8 Å². The van der Waals surface area contributed by atoms with Gasteiger partial charge < -0.3 is 5.73 Å². The van der Waals surface area contributed by atoms with Gasteiger partial charge in [0.25, 0.3) is 0 Å². The smallest absolute Gasteiger partial charge is 0.0455 e. The molecule has 1 heterocycles. The number of hydrogen-bond acceptors (Lipinski definition) is 2. The average molecular weight is 276 g/mol. The number of benzene rings is 1. The van der Waals surface area contributed by atoms with Gasteiger partial charge in [0.2, 0.25) is 0 Å². The van der Waals surface area contributed by atoms with Crippen molar-refractivity contribution in [1.29, 1.82) is 0 Å². The van der Waals surface area contributed by atoms with Crippen molar-refractivity contribution in [1.82, 2.24) is 0 Å². The molecule has 0 radical (unpaired) electrons. The van der Waals surface area contributed by atoms with E-state index in [0.717, 1.165) is 10.6 Å². The number of rotatable bonds is 2. The van der Waals surface area contributed by atoms with E-state index in [1.54, 1.807) is 6.07 Å². The van der Waals surface area contributed by atoms with Crippen LogP contribution >= 0.6 is 35.0 Å². The fraction of sp³-hybridized carbons (Fsp3) is 0.500. The summed E-state index contributed by atoms with van der Waals surface area (Å²) in [4.78, 5) is 0. The molecule has 0 amide bonds. The zero-order valence-corrected chi connectivity index (χ0v) is 11.3. The van der Waals surface area contributed by atoms with Gasteiger partial charge in [-0.25, -0.2) is 0 Å². The van der Waals surface area contributed by atoms with Crippen LogP contribution in [0.2, 0.25) is 10.0 Å². The summed E-state index contributed by atoms with van der Waals surface area (Å²) in [7, 11) is 0. The molecule has 1 saturated heterocycles. The molecule has 0 aromatic heterocycles. The van der Waals surface area contributed by atoms with E-state index >= 15 is 0 Å². The summed E-state index contributed by atoms with van der Waals surface area (Å²) >= 11 is 14.1. The monoisotopic (exact) mass is 275 g/mol. The van der Waals surface area contributed by atoms with Crippen LogP contribution in [0.1, 0.15) is 30.9 Å². The van der Waals surface area contributed by atoms with E-state index in [4.69, 9.17) is 28.9 Å². The van der Waals surface area contributed by atoms with Crippen molar-refractivity contribution in [3.8, 4) is 0 Å². The second-order valence-corrected chi connectivity index (χ2v) is 6.29. The van der Waals surface area contributed by atoms with E-state index in [0.29, 0.717) is 10.3 Å². The highest BCUT2D eigenvalue weighted by atomic mass is 35.5. The molecule has 4 heteroatoms. The van der Waals surface area contributed by atoms with Crippen LogP contribution in [0.15, 0.2) is 18.2 Å². The number of hydrogen-bond donors (Lipinski definition) is 1. The first-order valence-electron chi connectivity index (χ1n) is 5.50. The third kappa shape index (κ3) is 2.86. The number of nitrogens with two attached hydrogens (primary N) is 1. The van der Waals surface area contributed by atoms with Crippen LogP contribution in [0, 0.1) is 0 Å². The lowest BCUT2D eigenvalue weighted by Crippen LogP contribution is -2.26. The van der Waals surface area contributed by atoms with Gasteiger partial charge in [-0.15, -0.1) is 0 Å². The summed E-state index contributed by atoms with van der Waals surface area (Å²) in [5.41, 5.74) is 7.26. The Hall–Kier alpha value is 0.110. The average Bonchev–Trinajstić information content (AvgIpc) is 2.32. The molecule has 1 aliphatic rings. The first-order chi connectivity index (χ1) is 7.68. The van der Waals surface area contributed by atoms with Gasteiger partial charge in [-0.3, -0.25) is 0 Å². The van der Waals surface area contributed by atoms with Crippen molar-refractivity contribution in [3.05, 3.63) is 33.8 Å². The minimum absolute atomic E-state index is 0.00324. The summed E-state index contributed by atoms with van der Waals surface area (Å²) in [6.07, 6.45) is 3.75. The van der Waals surface area contributed by atoms with Gasteiger partial charge >= 0.3 is 0 Å². The van der Waals surface area contributed by atoms with E-state index in [-0.39, 0.29) is 6.04 Å². The molecule has 0 aliphatic carbocycles. The Kier molecular flexibility index (Phi) is 4.42. The first-order valence-corrected chi connectivity index (χ1v) is 7.31. The molecule has 88 valence electrons. The Morgan fingerprint density at radius 3 is 2.81 bits per heavy atom. The normalized spacial score (nSPS) is 23.1. The summed E-state index contributed by atoms with van der Waals surface area (Å²) in [5.74, 6) is 1.20. The maximum absolute atomic E-state index is 6.28. The molecule has 0 bridgehead atoms. The van der Waals surface area contributed by atoms with E-state index in [1.807, 2.05) is 23.9 Å². The predicted molar refractivity (Wildman–Crippen MR) is 73.5 cm³/mol. The van der Waals surface area contributed by atoms with Gasteiger partial charge in [0.05, 0.1) is 0 Å². The molecule has 1 aromatic carbocycles. The first kappa shape index (κ1) is 12.6. The van der Waals surface area contributed by atoms with Crippen molar-refractivity contribution in [2.75, 3.05) is 5.75 Å². The molecule has 2 N–H and O–H groups in total. The lowest BCUT2D eigenvalue weighted by molar-refractivity contribution is 0.582. The molecule has 1 aliphatic heterocycles. The highest BCUT2D eigenvalue weighted by molar-refractivity contribution is 8.00. The summed E-state index contributed by atoms with van der Waals surface area (Å²) in [6.45, 7) is 0. The second kappa shape index (κ2) is 5.63. The fourth-order valence-corrected chi connectivity index (χ4v) is 3.80. The molecule has 2 unspecified atom stereocenters. The third-order valence-corrected chi connectivity index (χ3v) is 4.99. The van der Waals surface area contributed by atoms with Crippen LogP contribution in [0.4, 0.5) is 0 Å². The van der Waals surface area contributed by atoms with E-state index in [2.05, 4.69) is 0 Å². The summed E-state index contributed by atoms with van der Waals surface area (Å²) in [6, 6.07) is 5.52. The fourth-order valence-electron chi connectivity index (χ4n) is 2.02. The van der Waals surface area contributed by atoms with Crippen molar-refractivity contribution < 1.29 is 0 Å². The third-order valence-electron chi connectivity index (χ3n) is 2.93. The highest BCUT2D eigenvalue weighted by Crippen LogP contribution is 2.36. The molecule has 1 aromatic rings. The minimum atomic E-state index is -0.00324. The molecule has 16 heavy (non-hydrogen) atoms. The van der Waals surface area contributed by atoms with Gasteiger partial charge in [0.1, 0.15) is 0 Å². The van der Waals surface area contributed by atoms with Crippen LogP contribution in [0.5, 0.6) is 0 Å². The van der Waals surface area contributed by atoms with Crippen LogP contribution in [0.3, 0.4) is 0 Å². The van der Waals surface area contributed by atoms with Crippen LogP contribution < -0.4 is 5.73 Å². The second-order valence-electron chi connectivity index (χ2n) is 4.10. The van der Waals surface area contributed by atoms with Crippen molar-refractivity contribution in [2.45, 2.75) is 30.6 Å². The Labute approximate surface area is 111 Å². The maximum Gasteiger partial charge on any atom is 0.0455 e. The Morgan fingerprint density at radius 1 is 1.31 bits per heavy atom. The van der Waals surface area contributed by atoms with Gasteiger partial charge in [0.15, 0.2) is 0 Å². The topological polar surface area (TPSA) is 26.0 Å². The molecule has 0 spiro atoms. The lowest BCUT2D eigenvalue weighted by Gasteiger charge is -2.27. The summed E-state index contributed by atoms with van der Waals surface area (Å²) in [5, 5.41) is 1.91. The molecule has 2 rings (SSSR count). The molecular formula is C12H15Cl2NS. The Balaban J connectivity index is 2.18. The lowest BCUT2D eigenvalue weighted by atomic mass is 10.0. The number of halogens is 2. The van der Waals surface area contributed by atoms with E-state index in [1.165, 1.54) is 25.0 Å². The van der Waals surface area contributed by atoms with Crippen LogP contribution in [-0.2, 0) is 0 Å². The molecular weight excluding hydrogens is 261 g/mol. The van der Waals surface area contributed by atoms with E-state index < -0.39 is 0 Å². The molecule has 2 atom stereocenters. The van der Waals surface area contributed by atoms with Crippen LogP contribution in [0.25, 0.3) is 0 Å². The SMILES string of the molecule is NC(c1cc(Cl)ccc1Cl)C1CCCCS1. The zero-order valence-electron chi connectivity index (χ0n) is 8.96. The van der Waals surface area contributed by atoms with Gasteiger partial charge in [0, 0.05) is 21.3 Å². The zero-order chi connectivity index (χ0) is 11.5. The van der Waals surface area contributed by atoms with Crippen molar-refractivity contribution >= 4 is 35.0 Å². The largest absolute Gasteiger partial charge is 0.323 e. The minimum Gasteiger partial charge on any atom is -0.323 e. The molecule has 1 nitrogen and oxygen atoms in total. The molecule has 1 fully saturated rings. The van der Waals surface area contributed by atoms with Gasteiger partial charge in [-0.05, 0) is 42.4 Å². The van der Waals surface area contributed by atoms with Gasteiger partial charge in [-0.1, -0.05) is 29.6 Å². The van der Waals surface area contributed by atoms with Crippen molar-refractivity contribution in [2.24, 2.45) is 5.73 Å². The summed E-state index contributed by atoms with van der Waals surface area (Å²) < 4.78 is 0. The van der Waals surface area contributed by atoms with E-state index in [9.17, 15) is 0 Å². The highest BCUT2D eigenvalue weighted by Gasteiger charge is 2.24. The van der Waals surface area contributed by atoms with Crippen molar-refractivity contribution in [3.63, 3.8) is 0 Å².